The molecule has 0 N–H and O–H groups in total. The standard InChI is InChI=1S/C12H17N3O/c1-10-4-5-11(7-13-10)8-15-6-2-3-12(9-15)14-16/h4-5,7,12H,2-3,6,8-9H2,1H3. The lowest BCUT2D eigenvalue weighted by Gasteiger charge is -2.29. The van der Waals surface area contributed by atoms with E-state index < -0.39 is 0 Å². The van der Waals surface area contributed by atoms with Crippen LogP contribution in [0.1, 0.15) is 24.1 Å². The van der Waals surface area contributed by atoms with Crippen LogP contribution in [-0.2, 0) is 6.54 Å². The van der Waals surface area contributed by atoms with E-state index in [4.69, 9.17) is 0 Å². The topological polar surface area (TPSA) is 45.6 Å². The van der Waals surface area contributed by atoms with Crippen molar-refractivity contribution in [3.63, 3.8) is 0 Å². The van der Waals surface area contributed by atoms with Crippen LogP contribution >= 0.6 is 0 Å². The van der Waals surface area contributed by atoms with Gasteiger partial charge in [-0.2, -0.15) is 4.91 Å². The molecule has 4 heteroatoms. The minimum Gasteiger partial charge on any atom is -0.297 e. The molecule has 0 radical (unpaired) electrons. The molecule has 2 heterocycles. The maximum absolute atomic E-state index is 10.5. The molecule has 4 nitrogen and oxygen atoms in total. The third-order valence-electron chi connectivity index (χ3n) is 3.01. The van der Waals surface area contributed by atoms with Crippen molar-refractivity contribution in [3.8, 4) is 0 Å². The van der Waals surface area contributed by atoms with Crippen LogP contribution in [0.25, 0.3) is 0 Å². The summed E-state index contributed by atoms with van der Waals surface area (Å²) in [7, 11) is 0. The fourth-order valence-electron chi connectivity index (χ4n) is 2.11. The lowest BCUT2D eigenvalue weighted by Crippen LogP contribution is -2.36. The Morgan fingerprint density at radius 2 is 2.44 bits per heavy atom. The molecule has 2 rings (SSSR count). The summed E-state index contributed by atoms with van der Waals surface area (Å²) in [6.07, 6.45) is 3.91. The van der Waals surface area contributed by atoms with Gasteiger partial charge in [0, 0.05) is 25.0 Å². The van der Waals surface area contributed by atoms with Crippen LogP contribution in [0.4, 0.5) is 0 Å². The van der Waals surface area contributed by atoms with Gasteiger partial charge in [-0.3, -0.25) is 9.88 Å². The minimum atomic E-state index is -0.0212. The molecule has 1 aromatic heterocycles. The van der Waals surface area contributed by atoms with E-state index in [0.717, 1.165) is 38.2 Å². The van der Waals surface area contributed by atoms with Crippen LogP contribution in [0, 0.1) is 11.8 Å². The summed E-state index contributed by atoms with van der Waals surface area (Å²) in [4.78, 5) is 17.1. The zero-order chi connectivity index (χ0) is 11.4. The van der Waals surface area contributed by atoms with E-state index >= 15 is 0 Å². The second-order valence-corrected chi connectivity index (χ2v) is 4.44. The van der Waals surface area contributed by atoms with E-state index in [1.165, 1.54) is 5.56 Å². The first-order chi connectivity index (χ1) is 7.78. The van der Waals surface area contributed by atoms with E-state index in [0.29, 0.717) is 0 Å². The second kappa shape index (κ2) is 5.16. The zero-order valence-electron chi connectivity index (χ0n) is 9.59. The molecule has 0 amide bonds. The number of pyridine rings is 1. The third kappa shape index (κ3) is 2.85. The van der Waals surface area contributed by atoms with E-state index in [1.54, 1.807) is 0 Å². The molecular weight excluding hydrogens is 202 g/mol. The maximum Gasteiger partial charge on any atom is 0.105 e. The van der Waals surface area contributed by atoms with Crippen molar-refractivity contribution in [3.05, 3.63) is 34.5 Å². The molecule has 1 atom stereocenters. The van der Waals surface area contributed by atoms with Crippen molar-refractivity contribution in [1.82, 2.24) is 9.88 Å². The average molecular weight is 219 g/mol. The number of aromatic nitrogens is 1. The minimum absolute atomic E-state index is 0.0212. The summed E-state index contributed by atoms with van der Waals surface area (Å²) in [6.45, 7) is 4.70. The number of piperidine rings is 1. The molecule has 16 heavy (non-hydrogen) atoms. The summed E-state index contributed by atoms with van der Waals surface area (Å²) in [6, 6.07) is 4.10. The fourth-order valence-corrected chi connectivity index (χ4v) is 2.11. The lowest BCUT2D eigenvalue weighted by molar-refractivity contribution is 0.201. The molecule has 0 bridgehead atoms. The quantitative estimate of drug-likeness (QED) is 0.731. The number of nitroso groups, excluding NO2 is 1. The lowest BCUT2D eigenvalue weighted by atomic mass is 10.1. The molecule has 1 aliphatic heterocycles. The molecule has 0 spiro atoms. The summed E-state index contributed by atoms with van der Waals surface area (Å²) < 4.78 is 0. The van der Waals surface area contributed by atoms with Gasteiger partial charge in [0.15, 0.2) is 0 Å². The first kappa shape index (κ1) is 11.2. The highest BCUT2D eigenvalue weighted by atomic mass is 16.3. The molecule has 86 valence electrons. The number of nitrogens with zero attached hydrogens (tertiary/aromatic N) is 3. The highest BCUT2D eigenvalue weighted by Gasteiger charge is 2.20. The van der Waals surface area contributed by atoms with E-state index in [-0.39, 0.29) is 6.04 Å². The van der Waals surface area contributed by atoms with Crippen molar-refractivity contribution in [2.75, 3.05) is 13.1 Å². The van der Waals surface area contributed by atoms with Crippen LogP contribution in [0.5, 0.6) is 0 Å². The summed E-state index contributed by atoms with van der Waals surface area (Å²) in [5.41, 5.74) is 2.24. The van der Waals surface area contributed by atoms with Gasteiger partial charge in [0.05, 0.1) is 0 Å². The molecule has 0 aromatic carbocycles. The van der Waals surface area contributed by atoms with Gasteiger partial charge in [-0.25, -0.2) is 0 Å². The van der Waals surface area contributed by atoms with Gasteiger partial charge < -0.3 is 0 Å². The Labute approximate surface area is 95.7 Å². The monoisotopic (exact) mass is 219 g/mol. The SMILES string of the molecule is Cc1ccc(CN2CCCC(N=O)C2)cn1. The van der Waals surface area contributed by atoms with Gasteiger partial charge in [-0.15, -0.1) is 0 Å². The molecule has 1 unspecified atom stereocenters. The molecule has 1 fully saturated rings. The summed E-state index contributed by atoms with van der Waals surface area (Å²) >= 11 is 0. The summed E-state index contributed by atoms with van der Waals surface area (Å²) in [5.74, 6) is 0. The van der Waals surface area contributed by atoms with E-state index in [9.17, 15) is 4.91 Å². The van der Waals surface area contributed by atoms with E-state index in [2.05, 4.69) is 21.1 Å². The number of hydrogen-bond acceptors (Lipinski definition) is 4. The molecule has 0 saturated carbocycles. The van der Waals surface area contributed by atoms with Crippen molar-refractivity contribution >= 4 is 0 Å². The third-order valence-corrected chi connectivity index (χ3v) is 3.01. The predicted molar refractivity (Wildman–Crippen MR) is 63.1 cm³/mol. The van der Waals surface area contributed by atoms with E-state index in [1.807, 2.05) is 19.2 Å². The van der Waals surface area contributed by atoms with Gasteiger partial charge >= 0.3 is 0 Å². The van der Waals surface area contributed by atoms with Gasteiger partial charge in [0.2, 0.25) is 0 Å². The first-order valence-corrected chi connectivity index (χ1v) is 5.74. The number of hydrogen-bond donors (Lipinski definition) is 0. The molecule has 1 aliphatic rings. The molecule has 1 aromatic rings. The normalized spacial score (nSPS) is 21.9. The highest BCUT2D eigenvalue weighted by molar-refractivity contribution is 5.13. The zero-order valence-corrected chi connectivity index (χ0v) is 9.59. The Bertz CT molecular complexity index is 350. The Hall–Kier alpha value is -1.29. The van der Waals surface area contributed by atoms with Crippen molar-refractivity contribution in [1.29, 1.82) is 0 Å². The Balaban J connectivity index is 1.93. The fraction of sp³-hybridized carbons (Fsp3) is 0.583. The molecule has 1 saturated heterocycles. The van der Waals surface area contributed by atoms with Crippen LogP contribution < -0.4 is 0 Å². The van der Waals surface area contributed by atoms with Gasteiger partial charge in [0.25, 0.3) is 0 Å². The highest BCUT2D eigenvalue weighted by Crippen LogP contribution is 2.15. The number of aryl methyl sites for hydroxylation is 1. The van der Waals surface area contributed by atoms with Crippen LogP contribution in [0.3, 0.4) is 0 Å². The smallest absolute Gasteiger partial charge is 0.105 e. The summed E-state index contributed by atoms with van der Waals surface area (Å²) in [5, 5.41) is 3.15. The van der Waals surface area contributed by atoms with Gasteiger partial charge in [-0.05, 0) is 37.9 Å². The number of likely N-dealkylation sites (tertiary alicyclic amines) is 1. The Morgan fingerprint density at radius 3 is 3.12 bits per heavy atom. The Kier molecular flexibility index (Phi) is 3.62. The van der Waals surface area contributed by atoms with Gasteiger partial charge in [0.1, 0.15) is 6.04 Å². The van der Waals surface area contributed by atoms with Crippen molar-refractivity contribution < 1.29 is 0 Å². The first-order valence-electron chi connectivity index (χ1n) is 5.74. The molecular formula is C12H17N3O. The maximum atomic E-state index is 10.5. The van der Waals surface area contributed by atoms with Crippen molar-refractivity contribution in [2.45, 2.75) is 32.4 Å². The number of rotatable bonds is 3. The van der Waals surface area contributed by atoms with Crippen molar-refractivity contribution in [2.24, 2.45) is 5.18 Å². The second-order valence-electron chi connectivity index (χ2n) is 4.44. The predicted octanol–water partition coefficient (Wildman–Crippen LogP) is 2.12. The van der Waals surface area contributed by atoms with Crippen LogP contribution in [0.2, 0.25) is 0 Å². The van der Waals surface area contributed by atoms with Crippen LogP contribution in [0.15, 0.2) is 23.5 Å². The largest absolute Gasteiger partial charge is 0.297 e. The Morgan fingerprint density at radius 1 is 1.56 bits per heavy atom. The average Bonchev–Trinajstić information content (AvgIpc) is 2.32. The molecule has 0 aliphatic carbocycles. The van der Waals surface area contributed by atoms with Crippen LogP contribution in [-0.4, -0.2) is 29.0 Å². The van der Waals surface area contributed by atoms with Gasteiger partial charge in [-0.1, -0.05) is 11.2 Å².